The summed E-state index contributed by atoms with van der Waals surface area (Å²) in [5.41, 5.74) is 1.24. The lowest BCUT2D eigenvalue weighted by Gasteiger charge is -2.04. The van der Waals surface area contributed by atoms with Crippen molar-refractivity contribution in [2.75, 3.05) is 24.6 Å². The highest BCUT2D eigenvalue weighted by atomic mass is 32.2. The first-order valence-corrected chi connectivity index (χ1v) is 7.76. The molecular weight excluding hydrogens is 236 g/mol. The van der Waals surface area contributed by atoms with Crippen molar-refractivity contribution in [3.8, 4) is 0 Å². The van der Waals surface area contributed by atoms with E-state index in [4.69, 9.17) is 0 Å². The van der Waals surface area contributed by atoms with Crippen molar-refractivity contribution in [2.24, 2.45) is 0 Å². The molecule has 0 spiro atoms. The van der Waals surface area contributed by atoms with Gasteiger partial charge in [0, 0.05) is 18.1 Å². The molecule has 1 rings (SSSR count). The van der Waals surface area contributed by atoms with Crippen molar-refractivity contribution in [3.63, 3.8) is 0 Å². The van der Waals surface area contributed by atoms with Gasteiger partial charge in [-0.3, -0.25) is 4.98 Å². The van der Waals surface area contributed by atoms with Crippen molar-refractivity contribution in [3.05, 3.63) is 30.1 Å². The van der Waals surface area contributed by atoms with Crippen LogP contribution in [0.1, 0.15) is 18.9 Å². The lowest BCUT2D eigenvalue weighted by atomic mass is 10.2. The molecule has 0 aliphatic carbocycles. The highest BCUT2D eigenvalue weighted by Crippen LogP contribution is 1.96. The number of sulfone groups is 1. The fourth-order valence-corrected chi connectivity index (χ4v) is 2.34. The van der Waals surface area contributed by atoms with Gasteiger partial charge in [0.25, 0.3) is 0 Å². The molecule has 0 aliphatic rings. The summed E-state index contributed by atoms with van der Waals surface area (Å²) in [4.78, 5) is 3.95. The molecule has 1 heterocycles. The topological polar surface area (TPSA) is 59.1 Å². The molecule has 0 atom stereocenters. The summed E-state index contributed by atoms with van der Waals surface area (Å²) < 4.78 is 22.4. The maximum absolute atomic E-state index is 11.2. The number of nitrogens with one attached hydrogen (secondary N) is 1. The van der Waals surface area contributed by atoms with Gasteiger partial charge in [-0.2, -0.15) is 0 Å². The Bertz CT molecular complexity index is 404. The Kier molecular flexibility index (Phi) is 6.15. The van der Waals surface area contributed by atoms with Gasteiger partial charge in [0.2, 0.25) is 0 Å². The molecule has 0 unspecified atom stereocenters. The van der Waals surface area contributed by atoms with Crippen LogP contribution in [0, 0.1) is 0 Å². The number of nitrogens with zero attached hydrogens (tertiary/aromatic N) is 1. The summed E-state index contributed by atoms with van der Waals surface area (Å²) in [7, 11) is -2.81. The molecule has 0 radical (unpaired) electrons. The van der Waals surface area contributed by atoms with Crippen LogP contribution in [-0.2, 0) is 16.3 Å². The van der Waals surface area contributed by atoms with Crippen LogP contribution in [0.15, 0.2) is 24.5 Å². The minimum Gasteiger partial charge on any atom is -0.316 e. The predicted octanol–water partition coefficient (Wildman–Crippen LogP) is 1.04. The van der Waals surface area contributed by atoms with Crippen molar-refractivity contribution in [1.82, 2.24) is 10.3 Å². The molecule has 1 N–H and O–H groups in total. The molecule has 4 nitrogen and oxygen atoms in total. The second-order valence-corrected chi connectivity index (χ2v) is 6.42. The molecule has 0 saturated heterocycles. The minimum atomic E-state index is -2.81. The van der Waals surface area contributed by atoms with Crippen molar-refractivity contribution in [2.45, 2.75) is 19.8 Å². The van der Waals surface area contributed by atoms with E-state index in [0.717, 1.165) is 19.5 Å². The van der Waals surface area contributed by atoms with Gasteiger partial charge in [0.15, 0.2) is 0 Å². The largest absolute Gasteiger partial charge is 0.316 e. The monoisotopic (exact) mass is 256 g/mol. The number of hydrogen-bond donors (Lipinski definition) is 1. The average Bonchev–Trinajstić information content (AvgIpc) is 2.35. The second kappa shape index (κ2) is 7.40. The van der Waals surface area contributed by atoms with Crippen molar-refractivity contribution in [1.29, 1.82) is 0 Å². The van der Waals surface area contributed by atoms with Crippen LogP contribution in [0.5, 0.6) is 0 Å². The Hall–Kier alpha value is -0.940. The fraction of sp³-hybridized carbons (Fsp3) is 0.583. The Labute approximate surface area is 103 Å². The normalized spacial score (nSPS) is 11.6. The van der Waals surface area contributed by atoms with Crippen molar-refractivity contribution < 1.29 is 8.42 Å². The second-order valence-electron chi connectivity index (χ2n) is 3.95. The smallest absolute Gasteiger partial charge is 0.150 e. The number of hydrogen-bond acceptors (Lipinski definition) is 4. The molecule has 0 aromatic carbocycles. The van der Waals surface area contributed by atoms with E-state index in [1.165, 1.54) is 5.56 Å². The molecule has 1 aromatic rings. The zero-order valence-corrected chi connectivity index (χ0v) is 11.0. The molecular formula is C12H20N2O2S. The molecule has 5 heteroatoms. The predicted molar refractivity (Wildman–Crippen MR) is 69.8 cm³/mol. The standard InChI is InChI=1S/C12H20N2O2S/c1-2-17(15,16)11-3-7-13-8-4-12-5-9-14-10-6-12/h5-6,9-10,13H,2-4,7-8,11H2,1H3. The molecule has 0 saturated carbocycles. The maximum Gasteiger partial charge on any atom is 0.150 e. The van der Waals surface area contributed by atoms with Crippen LogP contribution in [-0.4, -0.2) is 38.0 Å². The zero-order chi connectivity index (χ0) is 12.6. The molecule has 0 aliphatic heterocycles. The molecule has 0 amide bonds. The van der Waals surface area contributed by atoms with Gasteiger partial charge < -0.3 is 5.32 Å². The first-order valence-electron chi connectivity index (χ1n) is 5.94. The number of rotatable bonds is 8. The summed E-state index contributed by atoms with van der Waals surface area (Å²) in [6.45, 7) is 3.31. The van der Waals surface area contributed by atoms with E-state index in [1.54, 1.807) is 19.3 Å². The quantitative estimate of drug-likeness (QED) is 0.706. The summed E-state index contributed by atoms with van der Waals surface area (Å²) >= 11 is 0. The van der Waals surface area contributed by atoms with E-state index >= 15 is 0 Å². The van der Waals surface area contributed by atoms with E-state index < -0.39 is 9.84 Å². The Morgan fingerprint density at radius 2 is 1.94 bits per heavy atom. The van der Waals surface area contributed by atoms with Gasteiger partial charge in [-0.15, -0.1) is 0 Å². The van der Waals surface area contributed by atoms with Gasteiger partial charge in [-0.1, -0.05) is 6.92 Å². The summed E-state index contributed by atoms with van der Waals surface area (Å²) in [5.74, 6) is 0.524. The van der Waals surface area contributed by atoms with Crippen LogP contribution in [0.25, 0.3) is 0 Å². The number of aromatic nitrogens is 1. The highest BCUT2D eigenvalue weighted by molar-refractivity contribution is 7.91. The van der Waals surface area contributed by atoms with E-state index in [1.807, 2.05) is 12.1 Å². The average molecular weight is 256 g/mol. The molecule has 1 aromatic heterocycles. The Balaban J connectivity index is 2.06. The summed E-state index contributed by atoms with van der Waals surface area (Å²) in [6, 6.07) is 3.98. The molecule has 17 heavy (non-hydrogen) atoms. The van der Waals surface area contributed by atoms with Crippen LogP contribution >= 0.6 is 0 Å². The van der Waals surface area contributed by atoms with Gasteiger partial charge >= 0.3 is 0 Å². The minimum absolute atomic E-state index is 0.240. The molecule has 0 bridgehead atoms. The SMILES string of the molecule is CCS(=O)(=O)CCCNCCc1ccncc1. The molecule has 0 fully saturated rings. The third kappa shape index (κ3) is 6.38. The maximum atomic E-state index is 11.2. The zero-order valence-electron chi connectivity index (χ0n) is 10.2. The van der Waals surface area contributed by atoms with Crippen LogP contribution < -0.4 is 5.32 Å². The van der Waals surface area contributed by atoms with Gasteiger partial charge in [-0.25, -0.2) is 8.42 Å². The van der Waals surface area contributed by atoms with Gasteiger partial charge in [0.05, 0.1) is 5.75 Å². The first-order chi connectivity index (χ1) is 8.14. The number of pyridine rings is 1. The summed E-state index contributed by atoms with van der Waals surface area (Å²) in [6.07, 6.45) is 5.20. The third-order valence-electron chi connectivity index (χ3n) is 2.59. The van der Waals surface area contributed by atoms with E-state index in [2.05, 4.69) is 10.3 Å². The lowest BCUT2D eigenvalue weighted by molar-refractivity contribution is 0.590. The van der Waals surface area contributed by atoms with E-state index in [0.29, 0.717) is 6.42 Å². The lowest BCUT2D eigenvalue weighted by Crippen LogP contribution is -2.21. The van der Waals surface area contributed by atoms with Crippen LogP contribution in [0.2, 0.25) is 0 Å². The third-order valence-corrected chi connectivity index (χ3v) is 4.38. The van der Waals surface area contributed by atoms with E-state index in [-0.39, 0.29) is 11.5 Å². The Morgan fingerprint density at radius 3 is 2.59 bits per heavy atom. The van der Waals surface area contributed by atoms with E-state index in [9.17, 15) is 8.42 Å². The van der Waals surface area contributed by atoms with Crippen LogP contribution in [0.3, 0.4) is 0 Å². The van der Waals surface area contributed by atoms with Crippen LogP contribution in [0.4, 0.5) is 0 Å². The first kappa shape index (κ1) is 14.1. The van der Waals surface area contributed by atoms with Gasteiger partial charge in [-0.05, 0) is 43.6 Å². The molecule has 96 valence electrons. The summed E-state index contributed by atoms with van der Waals surface area (Å²) in [5, 5.41) is 3.25. The Morgan fingerprint density at radius 1 is 1.24 bits per heavy atom. The fourth-order valence-electron chi connectivity index (χ4n) is 1.47. The van der Waals surface area contributed by atoms with Crippen molar-refractivity contribution >= 4 is 9.84 Å². The highest BCUT2D eigenvalue weighted by Gasteiger charge is 2.05. The van der Waals surface area contributed by atoms with Gasteiger partial charge in [0.1, 0.15) is 9.84 Å².